The fraction of sp³-hybridized carbons (Fsp3) is 0.848. The third-order valence-electron chi connectivity index (χ3n) is 7.57. The van der Waals surface area contributed by atoms with Crippen molar-refractivity contribution < 1.29 is 38.1 Å². The maximum Gasteiger partial charge on any atom is 0.303 e. The average Bonchev–Trinajstić information content (AvgIpc) is 2.85. The van der Waals surface area contributed by atoms with E-state index < -0.39 is 42.5 Å². The molecule has 41 heavy (non-hydrogen) atoms. The quantitative estimate of drug-likeness (QED) is 0.0637. The standard InChI is InChI=1S/C33H58O8/c1-23(2)14-11-16-25(4)18-13-20-26(5)19-12-17-24(3)15-9-10-21-37-33-32(41-29(8)36)31(40-28(7)35)30(22-38-33)39-27(6)34/h15,23,25-26,30-33H,9-14,16-22H2,1-8H3. The molecular formula is C33H58O8. The van der Waals surface area contributed by atoms with Gasteiger partial charge in [0, 0.05) is 20.8 Å². The molecule has 6 atom stereocenters. The number of hydrogen-bond donors (Lipinski definition) is 0. The third-order valence-corrected chi connectivity index (χ3v) is 7.57. The first-order valence-electron chi connectivity index (χ1n) is 15.8. The van der Waals surface area contributed by atoms with Crippen molar-refractivity contribution in [3.8, 4) is 0 Å². The van der Waals surface area contributed by atoms with Crippen LogP contribution in [0.1, 0.15) is 126 Å². The number of ether oxygens (including phenoxy) is 5. The van der Waals surface area contributed by atoms with Crippen molar-refractivity contribution in [2.75, 3.05) is 13.2 Å². The second kappa shape index (κ2) is 20.9. The molecule has 0 radical (unpaired) electrons. The summed E-state index contributed by atoms with van der Waals surface area (Å²) in [6.45, 7) is 15.7. The van der Waals surface area contributed by atoms with E-state index in [1.165, 1.54) is 77.7 Å². The highest BCUT2D eigenvalue weighted by Crippen LogP contribution is 2.26. The number of carbonyl (C=O) groups is 3. The highest BCUT2D eigenvalue weighted by Gasteiger charge is 2.47. The van der Waals surface area contributed by atoms with Gasteiger partial charge < -0.3 is 23.7 Å². The van der Waals surface area contributed by atoms with Gasteiger partial charge in [0.05, 0.1) is 13.2 Å². The van der Waals surface area contributed by atoms with E-state index >= 15 is 0 Å². The van der Waals surface area contributed by atoms with Gasteiger partial charge in [0.1, 0.15) is 0 Å². The molecule has 0 amide bonds. The van der Waals surface area contributed by atoms with E-state index in [4.69, 9.17) is 23.7 Å². The minimum Gasteiger partial charge on any atom is -0.456 e. The van der Waals surface area contributed by atoms with Gasteiger partial charge in [-0.15, -0.1) is 0 Å². The molecule has 0 spiro atoms. The number of unbranched alkanes of at least 4 members (excludes halogenated alkanes) is 1. The minimum atomic E-state index is -1.04. The van der Waals surface area contributed by atoms with Crippen molar-refractivity contribution in [3.05, 3.63) is 11.6 Å². The van der Waals surface area contributed by atoms with Gasteiger partial charge in [0.15, 0.2) is 24.6 Å². The minimum absolute atomic E-state index is 0.0330. The molecule has 1 fully saturated rings. The first kappa shape index (κ1) is 37.1. The van der Waals surface area contributed by atoms with E-state index in [0.29, 0.717) is 6.61 Å². The molecule has 0 aliphatic carbocycles. The summed E-state index contributed by atoms with van der Waals surface area (Å²) in [5.74, 6) is 0.731. The molecule has 1 heterocycles. The van der Waals surface area contributed by atoms with Crippen LogP contribution < -0.4 is 0 Å². The molecule has 0 saturated carbocycles. The number of rotatable bonds is 20. The predicted molar refractivity (Wildman–Crippen MR) is 160 cm³/mol. The highest BCUT2D eigenvalue weighted by atomic mass is 16.7. The van der Waals surface area contributed by atoms with Crippen molar-refractivity contribution in [2.45, 2.75) is 151 Å². The maximum atomic E-state index is 11.7. The fourth-order valence-corrected chi connectivity index (χ4v) is 5.29. The van der Waals surface area contributed by atoms with Gasteiger partial charge in [0.25, 0.3) is 0 Å². The van der Waals surface area contributed by atoms with Gasteiger partial charge in [-0.25, -0.2) is 0 Å². The van der Waals surface area contributed by atoms with Gasteiger partial charge in [-0.3, -0.25) is 14.4 Å². The molecule has 0 aromatic rings. The molecule has 1 saturated heterocycles. The van der Waals surface area contributed by atoms with E-state index in [1.807, 2.05) is 0 Å². The molecular weight excluding hydrogens is 524 g/mol. The number of hydrogen-bond acceptors (Lipinski definition) is 8. The van der Waals surface area contributed by atoms with Crippen LogP contribution in [0.4, 0.5) is 0 Å². The van der Waals surface area contributed by atoms with Gasteiger partial charge >= 0.3 is 17.9 Å². The van der Waals surface area contributed by atoms with E-state index in [1.54, 1.807) is 0 Å². The summed E-state index contributed by atoms with van der Waals surface area (Å²) in [5, 5.41) is 0. The molecule has 0 aromatic heterocycles. The Kier molecular flexibility index (Phi) is 18.9. The van der Waals surface area contributed by atoms with Gasteiger partial charge in [-0.05, 0) is 50.4 Å². The molecule has 1 aliphatic heterocycles. The topological polar surface area (TPSA) is 97.4 Å². The molecule has 0 aromatic carbocycles. The SMILES string of the molecule is CC(=O)OC1COC(OCCCC=C(C)CCCC(C)CCCC(C)CCCC(C)C)C(OC(C)=O)C1OC(C)=O. The molecule has 8 heteroatoms. The van der Waals surface area contributed by atoms with Crippen LogP contribution in [0.25, 0.3) is 0 Å². The van der Waals surface area contributed by atoms with E-state index in [9.17, 15) is 14.4 Å². The molecule has 238 valence electrons. The van der Waals surface area contributed by atoms with Crippen LogP contribution in [0.2, 0.25) is 0 Å². The van der Waals surface area contributed by atoms with Crippen LogP contribution in [-0.2, 0) is 38.1 Å². The summed E-state index contributed by atoms with van der Waals surface area (Å²) in [6, 6.07) is 0. The Morgan fingerprint density at radius 3 is 1.83 bits per heavy atom. The Balaban J connectivity index is 2.36. The Bertz CT molecular complexity index is 792. The van der Waals surface area contributed by atoms with Crippen molar-refractivity contribution in [1.29, 1.82) is 0 Å². The number of allylic oxidation sites excluding steroid dienone is 2. The zero-order valence-corrected chi connectivity index (χ0v) is 27.1. The molecule has 8 nitrogen and oxygen atoms in total. The van der Waals surface area contributed by atoms with Crippen LogP contribution in [0.3, 0.4) is 0 Å². The summed E-state index contributed by atoms with van der Waals surface area (Å²) >= 11 is 0. The largest absolute Gasteiger partial charge is 0.456 e. The van der Waals surface area contributed by atoms with Crippen LogP contribution in [0.5, 0.6) is 0 Å². The first-order chi connectivity index (χ1) is 19.4. The summed E-state index contributed by atoms with van der Waals surface area (Å²) in [5.41, 5.74) is 1.39. The Morgan fingerprint density at radius 2 is 1.27 bits per heavy atom. The second-order valence-electron chi connectivity index (χ2n) is 12.4. The predicted octanol–water partition coefficient (Wildman–Crippen LogP) is 7.32. The van der Waals surface area contributed by atoms with Crippen LogP contribution >= 0.6 is 0 Å². The van der Waals surface area contributed by atoms with Crippen molar-refractivity contribution in [1.82, 2.24) is 0 Å². The average molecular weight is 583 g/mol. The Hall–Kier alpha value is -1.93. The zero-order chi connectivity index (χ0) is 30.8. The molecule has 1 rings (SSSR count). The normalized spacial score (nSPS) is 22.7. The van der Waals surface area contributed by atoms with E-state index in [2.05, 4.69) is 40.7 Å². The maximum absolute atomic E-state index is 11.7. The lowest BCUT2D eigenvalue weighted by Gasteiger charge is -2.40. The van der Waals surface area contributed by atoms with Gasteiger partial charge in [-0.2, -0.15) is 0 Å². The van der Waals surface area contributed by atoms with Crippen molar-refractivity contribution in [2.24, 2.45) is 17.8 Å². The first-order valence-corrected chi connectivity index (χ1v) is 15.8. The van der Waals surface area contributed by atoms with Crippen LogP contribution in [-0.4, -0.2) is 55.7 Å². The number of carbonyl (C=O) groups excluding carboxylic acids is 3. The summed E-state index contributed by atoms with van der Waals surface area (Å²) < 4.78 is 27.5. The molecule has 6 unspecified atom stereocenters. The van der Waals surface area contributed by atoms with Crippen LogP contribution in [0.15, 0.2) is 11.6 Å². The van der Waals surface area contributed by atoms with Gasteiger partial charge in [-0.1, -0.05) is 84.3 Å². The molecule has 0 bridgehead atoms. The van der Waals surface area contributed by atoms with E-state index in [0.717, 1.165) is 37.0 Å². The Labute approximate surface area is 249 Å². The van der Waals surface area contributed by atoms with Crippen molar-refractivity contribution >= 4 is 17.9 Å². The Morgan fingerprint density at radius 1 is 0.732 bits per heavy atom. The van der Waals surface area contributed by atoms with Gasteiger partial charge in [0.2, 0.25) is 0 Å². The fourth-order valence-electron chi connectivity index (χ4n) is 5.29. The van der Waals surface area contributed by atoms with Crippen LogP contribution in [0, 0.1) is 17.8 Å². The lowest BCUT2D eigenvalue weighted by molar-refractivity contribution is -0.280. The number of esters is 3. The smallest absolute Gasteiger partial charge is 0.303 e. The highest BCUT2D eigenvalue weighted by molar-refractivity contribution is 5.68. The summed E-state index contributed by atoms with van der Waals surface area (Å²) in [4.78, 5) is 34.9. The summed E-state index contributed by atoms with van der Waals surface area (Å²) in [7, 11) is 0. The second-order valence-corrected chi connectivity index (χ2v) is 12.4. The zero-order valence-electron chi connectivity index (χ0n) is 27.1. The lowest BCUT2D eigenvalue weighted by Crippen LogP contribution is -2.58. The lowest BCUT2D eigenvalue weighted by atomic mass is 9.91. The molecule has 1 aliphatic rings. The molecule has 0 N–H and O–H groups in total. The third kappa shape index (κ3) is 17.6. The van der Waals surface area contributed by atoms with Crippen molar-refractivity contribution in [3.63, 3.8) is 0 Å². The monoisotopic (exact) mass is 582 g/mol. The summed E-state index contributed by atoms with van der Waals surface area (Å²) in [6.07, 6.45) is 11.7. The van der Waals surface area contributed by atoms with E-state index in [-0.39, 0.29) is 6.61 Å².